The van der Waals surface area contributed by atoms with Gasteiger partial charge in [0.15, 0.2) is 5.82 Å². The lowest BCUT2D eigenvalue weighted by molar-refractivity contribution is -0.138. The Morgan fingerprint density at radius 3 is 2.69 bits per heavy atom. The maximum atomic E-state index is 17.6. The van der Waals surface area contributed by atoms with Crippen LogP contribution in [-0.4, -0.2) is 64.4 Å². The minimum Gasteiger partial charge on any atom is -0.490 e. The number of alkyl halides is 4. The highest BCUT2D eigenvalue weighted by Gasteiger charge is 2.50. The fourth-order valence-corrected chi connectivity index (χ4v) is 9.77. The van der Waals surface area contributed by atoms with Gasteiger partial charge >= 0.3 is 12.2 Å². The van der Waals surface area contributed by atoms with Gasteiger partial charge in [0.05, 0.1) is 33.8 Å². The molecule has 3 atom stereocenters. The number of anilines is 3. The molecule has 3 fully saturated rings. The molecule has 0 bridgehead atoms. The third kappa shape index (κ3) is 5.83. The average molecular weight is 781 g/mol. The van der Waals surface area contributed by atoms with Crippen molar-refractivity contribution in [1.82, 2.24) is 19.9 Å². The number of benzene rings is 2. The summed E-state index contributed by atoms with van der Waals surface area (Å²) in [6.07, 6.45) is -0.608. The summed E-state index contributed by atoms with van der Waals surface area (Å²) in [6.45, 7) is 0.637. The first-order chi connectivity index (χ1) is 26.4. The molecule has 2 aromatic carbocycles. The first-order valence-corrected chi connectivity index (χ1v) is 18.9. The number of nitrogen functional groups attached to an aromatic ring is 2. The molecular formula is C38H34F6N8O2S. The number of fused-ring (bicyclic) bond motifs is 2. The summed E-state index contributed by atoms with van der Waals surface area (Å²) in [7, 11) is 0. The van der Waals surface area contributed by atoms with Crippen molar-refractivity contribution in [2.45, 2.75) is 62.5 Å². The molecular weight excluding hydrogens is 747 g/mol. The fraction of sp³-hybridized carbons (Fsp3) is 0.421. The molecule has 0 spiro atoms. The maximum Gasteiger partial charge on any atom is 0.420 e. The van der Waals surface area contributed by atoms with Crippen molar-refractivity contribution in [2.24, 2.45) is 5.92 Å². The van der Waals surface area contributed by atoms with Crippen LogP contribution in [0.15, 0.2) is 30.5 Å². The molecule has 4 N–H and O–H groups in total. The summed E-state index contributed by atoms with van der Waals surface area (Å²) in [5.74, 6) is -2.50. The zero-order chi connectivity index (χ0) is 38.4. The van der Waals surface area contributed by atoms with E-state index in [1.165, 1.54) is 6.20 Å². The molecule has 6 heterocycles. The third-order valence-corrected chi connectivity index (χ3v) is 12.5. The van der Waals surface area contributed by atoms with Gasteiger partial charge < -0.3 is 25.8 Å². The summed E-state index contributed by atoms with van der Waals surface area (Å²) in [6, 6.07) is 6.40. The molecule has 1 aliphatic carbocycles. The van der Waals surface area contributed by atoms with E-state index in [-0.39, 0.29) is 76.4 Å². The van der Waals surface area contributed by atoms with Gasteiger partial charge in [-0.3, -0.25) is 4.90 Å². The molecule has 10 nitrogen and oxygen atoms in total. The predicted octanol–water partition coefficient (Wildman–Crippen LogP) is 7.93. The number of ether oxygens (including phenoxy) is 2. The van der Waals surface area contributed by atoms with Crippen LogP contribution in [0.5, 0.6) is 11.8 Å². The van der Waals surface area contributed by atoms with Crippen molar-refractivity contribution in [1.29, 1.82) is 5.26 Å². The van der Waals surface area contributed by atoms with Crippen molar-refractivity contribution < 1.29 is 35.8 Å². The molecule has 0 unspecified atom stereocenters. The lowest BCUT2D eigenvalue weighted by Gasteiger charge is -2.34. The van der Waals surface area contributed by atoms with Crippen LogP contribution in [0.4, 0.5) is 43.0 Å². The van der Waals surface area contributed by atoms with E-state index < -0.39 is 63.5 Å². The lowest BCUT2D eigenvalue weighted by atomic mass is 9.91. The van der Waals surface area contributed by atoms with Crippen LogP contribution in [0, 0.1) is 28.9 Å². The van der Waals surface area contributed by atoms with Crippen molar-refractivity contribution in [2.75, 3.05) is 49.2 Å². The Morgan fingerprint density at radius 1 is 1.13 bits per heavy atom. The lowest BCUT2D eigenvalue weighted by Crippen LogP contribution is -2.43. The number of hydrogen-bond acceptors (Lipinski definition) is 11. The normalized spacial score (nSPS) is 21.8. The monoisotopic (exact) mass is 780 g/mol. The zero-order valence-corrected chi connectivity index (χ0v) is 30.0. The third-order valence-electron chi connectivity index (χ3n) is 11.4. The Balaban J connectivity index is 1.32. The Morgan fingerprint density at radius 2 is 1.95 bits per heavy atom. The van der Waals surface area contributed by atoms with Crippen LogP contribution in [0.1, 0.15) is 61.3 Å². The van der Waals surface area contributed by atoms with E-state index in [9.17, 15) is 9.65 Å². The van der Waals surface area contributed by atoms with E-state index in [1.807, 2.05) is 11.0 Å². The van der Waals surface area contributed by atoms with Crippen LogP contribution >= 0.6 is 11.3 Å². The summed E-state index contributed by atoms with van der Waals surface area (Å²) in [5.41, 5.74) is 8.72. The second-order valence-corrected chi connectivity index (χ2v) is 15.8. The summed E-state index contributed by atoms with van der Waals surface area (Å²) in [4.78, 5) is 17.2. The van der Waals surface area contributed by atoms with E-state index in [0.717, 1.165) is 31.4 Å². The van der Waals surface area contributed by atoms with Crippen LogP contribution < -0.4 is 25.8 Å². The quantitative estimate of drug-likeness (QED) is 0.149. The van der Waals surface area contributed by atoms with E-state index >= 15 is 22.0 Å². The number of thiophene rings is 1. The van der Waals surface area contributed by atoms with Gasteiger partial charge in [0.2, 0.25) is 0 Å². The number of nitrogens with zero attached hydrogens (tertiary/aromatic N) is 6. The smallest absolute Gasteiger partial charge is 0.420 e. The molecule has 2 saturated heterocycles. The van der Waals surface area contributed by atoms with Gasteiger partial charge in [-0.2, -0.15) is 28.4 Å². The van der Waals surface area contributed by atoms with E-state index in [0.29, 0.717) is 42.2 Å². The van der Waals surface area contributed by atoms with Crippen molar-refractivity contribution in [3.05, 3.63) is 58.8 Å². The van der Waals surface area contributed by atoms with Gasteiger partial charge in [-0.25, -0.2) is 18.2 Å². The van der Waals surface area contributed by atoms with Gasteiger partial charge in [-0.05, 0) is 49.4 Å². The molecule has 286 valence electrons. The molecule has 9 rings (SSSR count). The summed E-state index contributed by atoms with van der Waals surface area (Å²) in [5, 5.41) is 9.24. The Bertz CT molecular complexity index is 2420. The van der Waals surface area contributed by atoms with E-state index in [1.54, 1.807) is 17.0 Å². The van der Waals surface area contributed by atoms with Gasteiger partial charge in [0.25, 0.3) is 0 Å². The predicted molar refractivity (Wildman–Crippen MR) is 195 cm³/mol. The fourth-order valence-electron chi connectivity index (χ4n) is 8.82. The zero-order valence-electron chi connectivity index (χ0n) is 29.2. The summed E-state index contributed by atoms with van der Waals surface area (Å²) < 4.78 is 106. The van der Waals surface area contributed by atoms with E-state index in [2.05, 4.69) is 9.97 Å². The van der Waals surface area contributed by atoms with Crippen LogP contribution in [0.2, 0.25) is 0 Å². The van der Waals surface area contributed by atoms with Crippen molar-refractivity contribution >= 4 is 49.0 Å². The summed E-state index contributed by atoms with van der Waals surface area (Å²) >= 11 is 0.676. The molecule has 3 aliphatic heterocycles. The number of halogens is 6. The second kappa shape index (κ2) is 13.0. The SMILES string of the molecule is N#Cc1c(N)sc2c(F)ccc(-c3c(C(F)(F)F)c4c5c(nc(OC[C@@]67CCCN6C[C@H](F)C7)nc5c3F)N([C@H](CC3CC3)c3cccnc3N)CCO4)c12. The molecule has 1 saturated carbocycles. The number of hydrogen-bond donors (Lipinski definition) is 2. The van der Waals surface area contributed by atoms with Gasteiger partial charge in [-0.15, -0.1) is 11.3 Å². The highest BCUT2D eigenvalue weighted by molar-refractivity contribution is 7.23. The Labute approximate surface area is 314 Å². The minimum absolute atomic E-state index is 0.0158. The van der Waals surface area contributed by atoms with Gasteiger partial charge in [-0.1, -0.05) is 25.0 Å². The molecule has 4 aliphatic rings. The minimum atomic E-state index is -5.23. The second-order valence-electron chi connectivity index (χ2n) is 14.8. The average Bonchev–Trinajstić information content (AvgIpc) is 3.73. The number of nitriles is 1. The highest BCUT2D eigenvalue weighted by Crippen LogP contribution is 2.55. The number of pyridine rings is 1. The van der Waals surface area contributed by atoms with Crippen LogP contribution in [0.3, 0.4) is 0 Å². The first-order valence-electron chi connectivity index (χ1n) is 18.1. The topological polar surface area (TPSA) is 139 Å². The van der Waals surface area contributed by atoms with Crippen LogP contribution in [0.25, 0.3) is 32.1 Å². The van der Waals surface area contributed by atoms with Gasteiger partial charge in [0.1, 0.15) is 64.7 Å². The largest absolute Gasteiger partial charge is 0.490 e. The molecule has 17 heteroatoms. The Kier molecular flexibility index (Phi) is 8.42. The molecule has 0 amide bonds. The molecule has 3 aromatic heterocycles. The van der Waals surface area contributed by atoms with Crippen LogP contribution in [-0.2, 0) is 6.18 Å². The highest BCUT2D eigenvalue weighted by atomic mass is 32.1. The van der Waals surface area contributed by atoms with Crippen molar-refractivity contribution in [3.8, 4) is 29.0 Å². The van der Waals surface area contributed by atoms with E-state index in [4.69, 9.17) is 25.9 Å². The maximum absolute atomic E-state index is 17.6. The standard InChI is InChI=1S/C38H34F6N8O2S/c39-19-14-37(8-2-10-51(37)16-19)17-54-36-49-30-27-31(53-12-11-52(35(27)50-36)24(13-18-4-5-18)20-3-1-9-48-33(20)46)28(38(42,43)44)26(29(30)41)21-6-7-23(40)32-25(21)22(15-45)34(47)55-32/h1,3,6-7,9,18-19,24H,2,4-5,8,10-14,16-17,47H2,(H2,46,48)/t19-,24-,37+/m1/s1. The number of nitrogens with two attached hydrogens (primary N) is 2. The Hall–Kier alpha value is -5.08. The first kappa shape index (κ1) is 35.6. The number of aromatic nitrogens is 3. The van der Waals surface area contributed by atoms with Crippen molar-refractivity contribution in [3.63, 3.8) is 0 Å². The molecule has 0 radical (unpaired) electrons. The van der Waals surface area contributed by atoms with Gasteiger partial charge in [0, 0.05) is 35.7 Å². The molecule has 5 aromatic rings. The number of rotatable bonds is 8. The molecule has 55 heavy (non-hydrogen) atoms.